The van der Waals surface area contributed by atoms with Crippen LogP contribution in [0.4, 0.5) is 4.79 Å². The number of likely N-dealkylation sites (tertiary alicyclic amines) is 1. The molecule has 2 fully saturated rings. The van der Waals surface area contributed by atoms with Gasteiger partial charge in [-0.25, -0.2) is 4.79 Å². The summed E-state index contributed by atoms with van der Waals surface area (Å²) in [5.74, 6) is 0.923. The average Bonchev–Trinajstić information content (AvgIpc) is 2.54. The summed E-state index contributed by atoms with van der Waals surface area (Å²) in [7, 11) is -0.759. The Morgan fingerprint density at radius 3 is 2.86 bits per heavy atom. The highest BCUT2D eigenvalue weighted by atomic mass is 32.2. The largest absolute Gasteiger partial charge is 0.396 e. The SMILES string of the molecule is CCS(=O)C1CCCC(NC(=O)N2CCCC(CO)C2)C1. The Morgan fingerprint density at radius 1 is 1.33 bits per heavy atom. The molecule has 0 bridgehead atoms. The van der Waals surface area contributed by atoms with Gasteiger partial charge in [0, 0.05) is 47.5 Å². The highest BCUT2D eigenvalue weighted by Crippen LogP contribution is 2.23. The Bertz CT molecular complexity index is 378. The minimum absolute atomic E-state index is 0.0129. The first kappa shape index (κ1) is 16.7. The maximum atomic E-state index is 12.3. The molecule has 122 valence electrons. The molecule has 4 unspecified atom stereocenters. The number of hydrogen-bond donors (Lipinski definition) is 2. The highest BCUT2D eigenvalue weighted by Gasteiger charge is 2.29. The smallest absolute Gasteiger partial charge is 0.317 e. The second kappa shape index (κ2) is 8.13. The van der Waals surface area contributed by atoms with Crippen molar-refractivity contribution >= 4 is 16.8 Å². The predicted molar refractivity (Wildman–Crippen MR) is 84.6 cm³/mol. The number of nitrogens with one attached hydrogen (secondary N) is 1. The molecule has 2 amide bonds. The molecule has 1 saturated heterocycles. The fourth-order valence-corrected chi connectivity index (χ4v) is 4.76. The fraction of sp³-hybridized carbons (Fsp3) is 0.933. The molecule has 0 radical (unpaired) electrons. The molecule has 0 aromatic rings. The molecular formula is C15H28N2O3S. The van der Waals surface area contributed by atoms with E-state index in [4.69, 9.17) is 0 Å². The van der Waals surface area contributed by atoms with Crippen LogP contribution < -0.4 is 5.32 Å². The monoisotopic (exact) mass is 316 g/mol. The molecule has 2 aliphatic rings. The molecule has 1 heterocycles. The van der Waals surface area contributed by atoms with Crippen molar-refractivity contribution in [3.63, 3.8) is 0 Å². The quantitative estimate of drug-likeness (QED) is 0.825. The number of nitrogens with zero attached hydrogens (tertiary/aromatic N) is 1. The molecule has 0 spiro atoms. The van der Waals surface area contributed by atoms with Crippen molar-refractivity contribution in [3.8, 4) is 0 Å². The molecule has 6 heteroatoms. The van der Waals surface area contributed by atoms with Gasteiger partial charge in [-0.05, 0) is 38.0 Å². The van der Waals surface area contributed by atoms with Crippen molar-refractivity contribution in [3.05, 3.63) is 0 Å². The number of aliphatic hydroxyl groups excluding tert-OH is 1. The maximum absolute atomic E-state index is 12.3. The van der Waals surface area contributed by atoms with Crippen LogP contribution in [0.3, 0.4) is 0 Å². The van der Waals surface area contributed by atoms with Gasteiger partial charge >= 0.3 is 6.03 Å². The second-order valence-corrected chi connectivity index (χ2v) is 8.25. The van der Waals surface area contributed by atoms with Gasteiger partial charge in [0.15, 0.2) is 0 Å². The second-order valence-electron chi connectivity index (χ2n) is 6.24. The van der Waals surface area contributed by atoms with E-state index < -0.39 is 10.8 Å². The van der Waals surface area contributed by atoms with Crippen LogP contribution in [0, 0.1) is 5.92 Å². The Balaban J connectivity index is 1.83. The number of aliphatic hydroxyl groups is 1. The van der Waals surface area contributed by atoms with Gasteiger partial charge in [-0.15, -0.1) is 0 Å². The summed E-state index contributed by atoms with van der Waals surface area (Å²) in [4.78, 5) is 14.2. The maximum Gasteiger partial charge on any atom is 0.317 e. The van der Waals surface area contributed by atoms with Crippen LogP contribution in [-0.4, -0.2) is 57.0 Å². The highest BCUT2D eigenvalue weighted by molar-refractivity contribution is 7.85. The first-order chi connectivity index (χ1) is 10.1. The number of carbonyl (C=O) groups excluding carboxylic acids is 1. The third-order valence-electron chi connectivity index (χ3n) is 4.67. The van der Waals surface area contributed by atoms with Crippen LogP contribution >= 0.6 is 0 Å². The van der Waals surface area contributed by atoms with E-state index in [1.165, 1.54) is 0 Å². The van der Waals surface area contributed by atoms with E-state index >= 15 is 0 Å². The molecule has 5 nitrogen and oxygen atoms in total. The predicted octanol–water partition coefficient (Wildman–Crippen LogP) is 1.48. The van der Waals surface area contributed by atoms with E-state index in [-0.39, 0.29) is 29.8 Å². The van der Waals surface area contributed by atoms with Crippen LogP contribution in [0.2, 0.25) is 0 Å². The van der Waals surface area contributed by atoms with Crippen molar-refractivity contribution in [2.45, 2.75) is 56.7 Å². The lowest BCUT2D eigenvalue weighted by atomic mass is 9.95. The van der Waals surface area contributed by atoms with Gasteiger partial charge in [0.1, 0.15) is 0 Å². The van der Waals surface area contributed by atoms with E-state index in [0.29, 0.717) is 12.3 Å². The van der Waals surface area contributed by atoms with Gasteiger partial charge in [0.05, 0.1) is 0 Å². The van der Waals surface area contributed by atoms with Crippen molar-refractivity contribution < 1.29 is 14.1 Å². The molecule has 2 N–H and O–H groups in total. The summed E-state index contributed by atoms with van der Waals surface area (Å²) in [6.45, 7) is 3.55. The Kier molecular flexibility index (Phi) is 6.48. The first-order valence-electron chi connectivity index (χ1n) is 8.17. The molecule has 0 aromatic heterocycles. The van der Waals surface area contributed by atoms with E-state index in [1.54, 1.807) is 0 Å². The number of urea groups is 1. The van der Waals surface area contributed by atoms with Gasteiger partial charge in [-0.1, -0.05) is 13.3 Å². The Hall–Kier alpha value is -0.620. The third kappa shape index (κ3) is 4.68. The lowest BCUT2D eigenvalue weighted by Crippen LogP contribution is -2.50. The number of hydrogen-bond acceptors (Lipinski definition) is 3. The lowest BCUT2D eigenvalue weighted by Gasteiger charge is -2.35. The van der Waals surface area contributed by atoms with Crippen LogP contribution in [0.1, 0.15) is 45.4 Å². The molecular weight excluding hydrogens is 288 g/mol. The average molecular weight is 316 g/mol. The lowest BCUT2D eigenvalue weighted by molar-refractivity contribution is 0.127. The Labute approximate surface area is 129 Å². The van der Waals surface area contributed by atoms with Gasteiger partial charge in [-0.3, -0.25) is 4.21 Å². The standard InChI is InChI=1S/C15H28N2O3S/c1-2-21(20)14-7-3-6-13(9-14)16-15(19)17-8-4-5-12(10-17)11-18/h12-14,18H,2-11H2,1H3,(H,16,19). The Morgan fingerprint density at radius 2 is 2.14 bits per heavy atom. The van der Waals surface area contributed by atoms with Gasteiger partial charge < -0.3 is 15.3 Å². The van der Waals surface area contributed by atoms with Crippen LogP contribution in [0.5, 0.6) is 0 Å². The number of rotatable bonds is 4. The van der Waals surface area contributed by atoms with Gasteiger partial charge in [0.2, 0.25) is 0 Å². The van der Waals surface area contributed by atoms with E-state index in [1.807, 2.05) is 11.8 Å². The van der Waals surface area contributed by atoms with Crippen molar-refractivity contribution in [2.24, 2.45) is 5.92 Å². The van der Waals surface area contributed by atoms with Crippen LogP contribution in [-0.2, 0) is 10.8 Å². The summed E-state index contributed by atoms with van der Waals surface area (Å²) >= 11 is 0. The number of carbonyl (C=O) groups is 1. The molecule has 1 aliphatic carbocycles. The molecule has 0 aromatic carbocycles. The zero-order valence-electron chi connectivity index (χ0n) is 12.9. The van der Waals surface area contributed by atoms with E-state index in [2.05, 4.69) is 5.32 Å². The zero-order chi connectivity index (χ0) is 15.2. The van der Waals surface area contributed by atoms with Gasteiger partial charge in [-0.2, -0.15) is 0 Å². The van der Waals surface area contributed by atoms with Crippen molar-refractivity contribution in [2.75, 3.05) is 25.4 Å². The summed E-state index contributed by atoms with van der Waals surface area (Å²) < 4.78 is 11.9. The topological polar surface area (TPSA) is 69.6 Å². The minimum Gasteiger partial charge on any atom is -0.396 e. The van der Waals surface area contributed by atoms with E-state index in [9.17, 15) is 14.1 Å². The molecule has 1 aliphatic heterocycles. The fourth-order valence-electron chi connectivity index (χ4n) is 3.41. The van der Waals surface area contributed by atoms with Gasteiger partial charge in [0.25, 0.3) is 0 Å². The van der Waals surface area contributed by atoms with Crippen molar-refractivity contribution in [1.82, 2.24) is 10.2 Å². The van der Waals surface area contributed by atoms with E-state index in [0.717, 1.165) is 45.1 Å². The summed E-state index contributed by atoms with van der Waals surface area (Å²) in [5.41, 5.74) is 0. The third-order valence-corrected chi connectivity index (χ3v) is 6.42. The molecule has 21 heavy (non-hydrogen) atoms. The zero-order valence-corrected chi connectivity index (χ0v) is 13.7. The molecule has 2 rings (SSSR count). The van der Waals surface area contributed by atoms with Crippen LogP contribution in [0.25, 0.3) is 0 Å². The number of piperidine rings is 1. The minimum atomic E-state index is -0.759. The van der Waals surface area contributed by atoms with Crippen LogP contribution in [0.15, 0.2) is 0 Å². The normalized spacial score (nSPS) is 31.7. The summed E-state index contributed by atoms with van der Waals surface area (Å²) in [6, 6.07) is 0.141. The number of amides is 2. The van der Waals surface area contributed by atoms with Crippen molar-refractivity contribution in [1.29, 1.82) is 0 Å². The molecule has 1 saturated carbocycles. The first-order valence-corrected chi connectivity index (χ1v) is 9.55. The summed E-state index contributed by atoms with van der Waals surface area (Å²) in [5, 5.41) is 12.6. The molecule has 4 atom stereocenters. The summed E-state index contributed by atoms with van der Waals surface area (Å²) in [6.07, 6.45) is 5.85.